The molecule has 0 saturated carbocycles. The van der Waals surface area contributed by atoms with Crippen molar-refractivity contribution in [1.29, 1.82) is 0 Å². The third-order valence-electron chi connectivity index (χ3n) is 4.84. The van der Waals surface area contributed by atoms with E-state index in [1.807, 2.05) is 28.9 Å². The van der Waals surface area contributed by atoms with Crippen molar-refractivity contribution in [2.75, 3.05) is 13.1 Å². The van der Waals surface area contributed by atoms with E-state index in [4.69, 9.17) is 0 Å². The maximum Gasteiger partial charge on any atom is 0.244 e. The highest BCUT2D eigenvalue weighted by Crippen LogP contribution is 2.27. The Labute approximate surface area is 150 Å². The fourth-order valence-corrected chi connectivity index (χ4v) is 3.35. The van der Waals surface area contributed by atoms with Crippen LogP contribution in [-0.2, 0) is 24.9 Å². The quantitative estimate of drug-likeness (QED) is 0.641. The van der Waals surface area contributed by atoms with Crippen molar-refractivity contribution in [3.63, 3.8) is 0 Å². The molecular weight excluding hydrogens is 334 g/mol. The molecule has 3 aromatic rings. The van der Waals surface area contributed by atoms with Crippen molar-refractivity contribution >= 4 is 5.91 Å². The molecule has 1 aliphatic rings. The molecule has 4 heterocycles. The molecule has 4 rings (SSSR count). The summed E-state index contributed by atoms with van der Waals surface area (Å²) in [6, 6.07) is 1.89. The highest BCUT2D eigenvalue weighted by Gasteiger charge is 2.27. The van der Waals surface area contributed by atoms with Crippen molar-refractivity contribution in [2.24, 2.45) is 7.05 Å². The van der Waals surface area contributed by atoms with Gasteiger partial charge in [0, 0.05) is 38.4 Å². The summed E-state index contributed by atoms with van der Waals surface area (Å²) in [7, 11) is 2.00. The van der Waals surface area contributed by atoms with Crippen LogP contribution in [0, 0.1) is 0 Å². The molecule has 0 unspecified atom stereocenters. The van der Waals surface area contributed by atoms with E-state index in [-0.39, 0.29) is 12.5 Å². The molecule has 1 fully saturated rings. The zero-order valence-electron chi connectivity index (χ0n) is 14.6. The Balaban J connectivity index is 1.36. The summed E-state index contributed by atoms with van der Waals surface area (Å²) < 4.78 is 5.44. The second kappa shape index (κ2) is 7.06. The zero-order valence-corrected chi connectivity index (χ0v) is 14.6. The molecule has 10 nitrogen and oxygen atoms in total. The fraction of sp³-hybridized carbons (Fsp3) is 0.500. The number of carbonyl (C=O) groups is 1. The Morgan fingerprint density at radius 2 is 2.04 bits per heavy atom. The van der Waals surface area contributed by atoms with Gasteiger partial charge in [-0.25, -0.2) is 9.67 Å². The van der Waals surface area contributed by atoms with Crippen molar-refractivity contribution in [3.05, 3.63) is 42.8 Å². The lowest BCUT2D eigenvalue weighted by molar-refractivity contribution is -0.133. The van der Waals surface area contributed by atoms with Crippen molar-refractivity contribution < 1.29 is 4.79 Å². The van der Waals surface area contributed by atoms with E-state index in [2.05, 4.69) is 29.9 Å². The van der Waals surface area contributed by atoms with Gasteiger partial charge in [0.2, 0.25) is 5.91 Å². The Bertz CT molecular complexity index is 845. The van der Waals surface area contributed by atoms with Gasteiger partial charge in [-0.15, -0.1) is 10.2 Å². The number of rotatable bonds is 5. The van der Waals surface area contributed by atoms with E-state index in [9.17, 15) is 4.79 Å². The number of aromatic nitrogens is 8. The van der Waals surface area contributed by atoms with E-state index in [0.29, 0.717) is 12.5 Å². The molecule has 1 saturated heterocycles. The summed E-state index contributed by atoms with van der Waals surface area (Å²) in [5, 5.41) is 16.9. The summed E-state index contributed by atoms with van der Waals surface area (Å²) in [5.41, 5.74) is 0. The normalized spacial score (nSPS) is 15.5. The van der Waals surface area contributed by atoms with Crippen molar-refractivity contribution in [3.8, 4) is 0 Å². The lowest BCUT2D eigenvalue weighted by atomic mass is 9.96. The van der Waals surface area contributed by atoms with Crippen LogP contribution in [0.15, 0.2) is 31.1 Å². The van der Waals surface area contributed by atoms with E-state index in [1.54, 1.807) is 17.2 Å². The molecule has 1 amide bonds. The number of hydrogen-bond donors (Lipinski definition) is 0. The van der Waals surface area contributed by atoms with Gasteiger partial charge in [-0.05, 0) is 18.9 Å². The molecule has 0 aromatic carbocycles. The van der Waals surface area contributed by atoms with Crippen LogP contribution in [-0.4, -0.2) is 63.2 Å². The van der Waals surface area contributed by atoms with Crippen LogP contribution in [0.4, 0.5) is 0 Å². The first kappa shape index (κ1) is 16.4. The molecule has 0 bridgehead atoms. The third kappa shape index (κ3) is 3.35. The number of nitrogens with zero attached hydrogens (tertiary/aromatic N) is 9. The molecular formula is C16H21N9O. The van der Waals surface area contributed by atoms with Gasteiger partial charge in [-0.2, -0.15) is 10.2 Å². The average molecular weight is 355 g/mol. The van der Waals surface area contributed by atoms with Gasteiger partial charge in [0.25, 0.3) is 0 Å². The summed E-state index contributed by atoms with van der Waals surface area (Å²) in [5.74, 6) is 2.25. The van der Waals surface area contributed by atoms with E-state index in [0.717, 1.165) is 37.6 Å². The first-order valence-electron chi connectivity index (χ1n) is 8.66. The number of piperidine rings is 1. The summed E-state index contributed by atoms with van der Waals surface area (Å²) >= 11 is 0. The van der Waals surface area contributed by atoms with Gasteiger partial charge in [-0.3, -0.25) is 9.48 Å². The van der Waals surface area contributed by atoms with E-state index in [1.165, 1.54) is 6.33 Å². The van der Waals surface area contributed by atoms with Crippen LogP contribution in [0.3, 0.4) is 0 Å². The molecule has 0 N–H and O–H groups in total. The van der Waals surface area contributed by atoms with Gasteiger partial charge >= 0.3 is 0 Å². The second-order valence-corrected chi connectivity index (χ2v) is 6.49. The predicted octanol–water partition coefficient (Wildman–Crippen LogP) is 0.0576. The summed E-state index contributed by atoms with van der Waals surface area (Å²) in [6.07, 6.45) is 8.43. The topological polar surface area (TPSA) is 99.6 Å². The first-order valence-corrected chi connectivity index (χ1v) is 8.66. The lowest BCUT2D eigenvalue weighted by Crippen LogP contribution is -2.40. The molecule has 136 valence electrons. The van der Waals surface area contributed by atoms with Gasteiger partial charge < -0.3 is 9.47 Å². The largest absolute Gasteiger partial charge is 0.341 e. The average Bonchev–Trinajstić information content (AvgIpc) is 3.40. The van der Waals surface area contributed by atoms with Gasteiger partial charge in [0.15, 0.2) is 5.82 Å². The highest BCUT2D eigenvalue weighted by atomic mass is 16.2. The maximum absolute atomic E-state index is 12.4. The molecule has 0 aliphatic carbocycles. The van der Waals surface area contributed by atoms with Gasteiger partial charge in [-0.1, -0.05) is 0 Å². The minimum Gasteiger partial charge on any atom is -0.341 e. The lowest BCUT2D eigenvalue weighted by Gasteiger charge is -2.31. The highest BCUT2D eigenvalue weighted by molar-refractivity contribution is 5.75. The second-order valence-electron chi connectivity index (χ2n) is 6.49. The Kier molecular flexibility index (Phi) is 4.46. The first-order chi connectivity index (χ1) is 12.7. The standard InChI is InChI=1S/C16H21N9O/c1-22-14(9-24-6-2-5-18-24)20-21-16(22)13-3-7-23(8-4-13)15(26)10-25-12-17-11-19-25/h2,5-6,11-13H,3-4,7-10H2,1H3. The van der Waals surface area contributed by atoms with Crippen molar-refractivity contribution in [1.82, 2.24) is 44.2 Å². The predicted molar refractivity (Wildman–Crippen MR) is 90.9 cm³/mol. The van der Waals surface area contributed by atoms with Crippen LogP contribution in [0.2, 0.25) is 0 Å². The Morgan fingerprint density at radius 1 is 1.19 bits per heavy atom. The number of hydrogen-bond acceptors (Lipinski definition) is 6. The zero-order chi connectivity index (χ0) is 17.9. The van der Waals surface area contributed by atoms with Crippen LogP contribution in [0.25, 0.3) is 0 Å². The van der Waals surface area contributed by atoms with E-state index >= 15 is 0 Å². The number of carbonyl (C=O) groups excluding carboxylic acids is 1. The molecule has 0 spiro atoms. The van der Waals surface area contributed by atoms with Crippen LogP contribution >= 0.6 is 0 Å². The molecule has 10 heteroatoms. The minimum atomic E-state index is 0.0753. The molecule has 26 heavy (non-hydrogen) atoms. The van der Waals surface area contributed by atoms with Gasteiger partial charge in [0.05, 0.1) is 0 Å². The molecule has 1 aliphatic heterocycles. The molecule has 3 aromatic heterocycles. The molecule has 0 radical (unpaired) electrons. The van der Waals surface area contributed by atoms with Crippen LogP contribution < -0.4 is 0 Å². The van der Waals surface area contributed by atoms with Crippen LogP contribution in [0.1, 0.15) is 30.4 Å². The number of likely N-dealkylation sites (tertiary alicyclic amines) is 1. The van der Waals surface area contributed by atoms with Crippen molar-refractivity contribution in [2.45, 2.75) is 31.8 Å². The van der Waals surface area contributed by atoms with Gasteiger partial charge in [0.1, 0.15) is 31.6 Å². The van der Waals surface area contributed by atoms with E-state index < -0.39 is 0 Å². The summed E-state index contributed by atoms with van der Waals surface area (Å²) in [6.45, 7) is 2.29. The van der Waals surface area contributed by atoms with Crippen LogP contribution in [0.5, 0.6) is 0 Å². The Morgan fingerprint density at radius 3 is 2.73 bits per heavy atom. The smallest absolute Gasteiger partial charge is 0.244 e. The monoisotopic (exact) mass is 355 g/mol. The minimum absolute atomic E-state index is 0.0753. The Hall–Kier alpha value is -3.04. The fourth-order valence-electron chi connectivity index (χ4n) is 3.35. The summed E-state index contributed by atoms with van der Waals surface area (Å²) in [4.78, 5) is 18.1. The third-order valence-corrected chi connectivity index (χ3v) is 4.84. The number of amides is 1. The maximum atomic E-state index is 12.4. The SMILES string of the molecule is Cn1c(Cn2cccn2)nnc1C1CCN(C(=O)Cn2cncn2)CC1. The molecule has 0 atom stereocenters.